The zero-order chi connectivity index (χ0) is 13.5. The summed E-state index contributed by atoms with van der Waals surface area (Å²) in [6.45, 7) is 1.97. The molecule has 1 fully saturated rings. The lowest BCUT2D eigenvalue weighted by atomic mass is 10.2. The predicted octanol–water partition coefficient (Wildman–Crippen LogP) is 0.0544. The standard InChI is InChI=1S/C11H15N3O3S/c1-6-4-9(6)14-18(16,17)10-3-2-7(11(13)15)5-8(10)12/h2-3,5-6,9,14H,4,12H2,1H3,(H2,13,15). The summed E-state index contributed by atoms with van der Waals surface area (Å²) in [5.41, 5.74) is 10.9. The van der Waals surface area contributed by atoms with E-state index in [2.05, 4.69) is 4.72 Å². The van der Waals surface area contributed by atoms with E-state index in [9.17, 15) is 13.2 Å². The number of nitrogens with one attached hydrogen (secondary N) is 1. The van der Waals surface area contributed by atoms with Gasteiger partial charge in [0.25, 0.3) is 0 Å². The zero-order valence-corrected chi connectivity index (χ0v) is 10.7. The molecule has 1 saturated carbocycles. The largest absolute Gasteiger partial charge is 0.398 e. The van der Waals surface area contributed by atoms with Gasteiger partial charge in [-0.25, -0.2) is 13.1 Å². The fourth-order valence-electron chi connectivity index (χ4n) is 1.70. The number of anilines is 1. The van der Waals surface area contributed by atoms with Crippen LogP contribution >= 0.6 is 0 Å². The number of carbonyl (C=O) groups is 1. The van der Waals surface area contributed by atoms with E-state index in [1.807, 2.05) is 6.92 Å². The molecule has 0 heterocycles. The first-order chi connectivity index (χ1) is 8.31. The molecule has 0 radical (unpaired) electrons. The van der Waals surface area contributed by atoms with Crippen molar-refractivity contribution in [2.24, 2.45) is 11.7 Å². The summed E-state index contributed by atoms with van der Waals surface area (Å²) in [5.74, 6) is -0.291. The molecule has 7 heteroatoms. The molecular formula is C11H15N3O3S. The van der Waals surface area contributed by atoms with E-state index in [1.54, 1.807) is 0 Å². The normalized spacial score (nSPS) is 22.7. The van der Waals surface area contributed by atoms with Crippen molar-refractivity contribution in [1.82, 2.24) is 4.72 Å². The van der Waals surface area contributed by atoms with Gasteiger partial charge < -0.3 is 11.5 Å². The molecule has 2 rings (SSSR count). The van der Waals surface area contributed by atoms with Crippen molar-refractivity contribution in [1.29, 1.82) is 0 Å². The second-order valence-electron chi connectivity index (χ2n) is 4.56. The van der Waals surface area contributed by atoms with Gasteiger partial charge in [0.2, 0.25) is 15.9 Å². The first kappa shape index (κ1) is 12.8. The number of hydrogen-bond acceptors (Lipinski definition) is 4. The lowest BCUT2D eigenvalue weighted by Gasteiger charge is -2.09. The number of carbonyl (C=O) groups excluding carboxylic acids is 1. The number of benzene rings is 1. The van der Waals surface area contributed by atoms with Crippen LogP contribution in [0.5, 0.6) is 0 Å². The van der Waals surface area contributed by atoms with Gasteiger partial charge in [-0.05, 0) is 30.5 Å². The first-order valence-corrected chi connectivity index (χ1v) is 7.01. The van der Waals surface area contributed by atoms with E-state index in [1.165, 1.54) is 18.2 Å². The van der Waals surface area contributed by atoms with Crippen LogP contribution in [0.1, 0.15) is 23.7 Å². The minimum atomic E-state index is -3.63. The Kier molecular flexibility index (Phi) is 3.04. The van der Waals surface area contributed by atoms with Gasteiger partial charge in [0.05, 0.1) is 5.69 Å². The maximum Gasteiger partial charge on any atom is 0.248 e. The molecule has 1 amide bonds. The molecule has 0 aromatic heterocycles. The Morgan fingerprint density at radius 3 is 2.50 bits per heavy atom. The molecule has 1 aromatic rings. The summed E-state index contributed by atoms with van der Waals surface area (Å²) in [7, 11) is -3.63. The topological polar surface area (TPSA) is 115 Å². The Balaban J connectivity index is 2.30. The van der Waals surface area contributed by atoms with E-state index in [-0.39, 0.29) is 22.2 Å². The van der Waals surface area contributed by atoms with Gasteiger partial charge in [0.15, 0.2) is 0 Å². The molecule has 98 valence electrons. The number of rotatable bonds is 4. The highest BCUT2D eigenvalue weighted by molar-refractivity contribution is 7.89. The quantitative estimate of drug-likeness (QED) is 0.670. The van der Waals surface area contributed by atoms with E-state index in [0.717, 1.165) is 6.42 Å². The van der Waals surface area contributed by atoms with E-state index in [0.29, 0.717) is 5.92 Å². The van der Waals surface area contributed by atoms with Gasteiger partial charge in [0, 0.05) is 11.6 Å². The number of nitrogen functional groups attached to an aromatic ring is 1. The molecule has 1 aliphatic rings. The Morgan fingerprint density at radius 2 is 2.06 bits per heavy atom. The van der Waals surface area contributed by atoms with Gasteiger partial charge in [-0.1, -0.05) is 6.92 Å². The van der Waals surface area contributed by atoms with Crippen LogP contribution in [0, 0.1) is 5.92 Å². The second kappa shape index (κ2) is 4.25. The summed E-state index contributed by atoms with van der Waals surface area (Å²) in [4.78, 5) is 10.9. The smallest absolute Gasteiger partial charge is 0.248 e. The van der Waals surface area contributed by atoms with Crippen molar-refractivity contribution in [3.63, 3.8) is 0 Å². The Hall–Kier alpha value is -1.60. The number of primary amides is 1. The van der Waals surface area contributed by atoms with Crippen molar-refractivity contribution in [2.75, 3.05) is 5.73 Å². The van der Waals surface area contributed by atoms with Crippen molar-refractivity contribution >= 4 is 21.6 Å². The molecule has 0 saturated heterocycles. The van der Waals surface area contributed by atoms with E-state index >= 15 is 0 Å². The van der Waals surface area contributed by atoms with Gasteiger partial charge in [-0.2, -0.15) is 0 Å². The van der Waals surface area contributed by atoms with Crippen LogP contribution in [0.15, 0.2) is 23.1 Å². The number of amides is 1. The highest BCUT2D eigenvalue weighted by Crippen LogP contribution is 2.31. The molecule has 6 nitrogen and oxygen atoms in total. The van der Waals surface area contributed by atoms with Crippen molar-refractivity contribution in [3.8, 4) is 0 Å². The molecule has 0 aliphatic heterocycles. The van der Waals surface area contributed by atoms with Crippen LogP contribution in [0.2, 0.25) is 0 Å². The van der Waals surface area contributed by atoms with Gasteiger partial charge in [-0.15, -0.1) is 0 Å². The van der Waals surface area contributed by atoms with Gasteiger partial charge in [-0.3, -0.25) is 4.79 Å². The maximum absolute atomic E-state index is 12.0. The average molecular weight is 269 g/mol. The van der Waals surface area contributed by atoms with Crippen molar-refractivity contribution < 1.29 is 13.2 Å². The van der Waals surface area contributed by atoms with Crippen LogP contribution in [0.4, 0.5) is 5.69 Å². The zero-order valence-electron chi connectivity index (χ0n) is 9.88. The minimum absolute atomic E-state index is 0.0205. The van der Waals surface area contributed by atoms with Crippen molar-refractivity contribution in [3.05, 3.63) is 23.8 Å². The maximum atomic E-state index is 12.0. The van der Waals surface area contributed by atoms with Crippen LogP contribution in [0.3, 0.4) is 0 Å². The fourth-order valence-corrected chi connectivity index (χ4v) is 3.17. The second-order valence-corrected chi connectivity index (χ2v) is 6.24. The SMILES string of the molecule is CC1CC1NS(=O)(=O)c1ccc(C(N)=O)cc1N. The lowest BCUT2D eigenvalue weighted by molar-refractivity contribution is 0.1000. The molecule has 1 aliphatic carbocycles. The van der Waals surface area contributed by atoms with Gasteiger partial charge >= 0.3 is 0 Å². The molecule has 1 aromatic carbocycles. The fraction of sp³-hybridized carbons (Fsp3) is 0.364. The summed E-state index contributed by atoms with van der Waals surface area (Å²) < 4.78 is 26.6. The third-order valence-electron chi connectivity index (χ3n) is 3.00. The molecule has 18 heavy (non-hydrogen) atoms. The number of hydrogen-bond donors (Lipinski definition) is 3. The first-order valence-electron chi connectivity index (χ1n) is 5.53. The van der Waals surface area contributed by atoms with Crippen LogP contribution < -0.4 is 16.2 Å². The molecule has 0 spiro atoms. The molecule has 2 atom stereocenters. The minimum Gasteiger partial charge on any atom is -0.398 e. The predicted molar refractivity (Wildman–Crippen MR) is 67.3 cm³/mol. The van der Waals surface area contributed by atoms with Crippen LogP contribution in [0.25, 0.3) is 0 Å². The lowest BCUT2D eigenvalue weighted by Crippen LogP contribution is -2.27. The molecule has 0 bridgehead atoms. The molecular weight excluding hydrogens is 254 g/mol. The molecule has 5 N–H and O–H groups in total. The van der Waals surface area contributed by atoms with E-state index in [4.69, 9.17) is 11.5 Å². The van der Waals surface area contributed by atoms with Crippen LogP contribution in [-0.2, 0) is 10.0 Å². The highest BCUT2D eigenvalue weighted by Gasteiger charge is 2.36. The van der Waals surface area contributed by atoms with E-state index < -0.39 is 15.9 Å². The summed E-state index contributed by atoms with van der Waals surface area (Å²) >= 11 is 0. The van der Waals surface area contributed by atoms with Gasteiger partial charge in [0.1, 0.15) is 4.90 Å². The number of nitrogens with two attached hydrogens (primary N) is 2. The third kappa shape index (κ3) is 2.46. The monoisotopic (exact) mass is 269 g/mol. The Labute approximate surface area is 105 Å². The highest BCUT2D eigenvalue weighted by atomic mass is 32.2. The Morgan fingerprint density at radius 1 is 1.44 bits per heavy atom. The average Bonchev–Trinajstić information content (AvgIpc) is 2.92. The summed E-state index contributed by atoms with van der Waals surface area (Å²) in [6.07, 6.45) is 0.832. The number of sulfonamides is 1. The van der Waals surface area contributed by atoms with Crippen molar-refractivity contribution in [2.45, 2.75) is 24.3 Å². The van der Waals surface area contributed by atoms with Crippen LogP contribution in [-0.4, -0.2) is 20.4 Å². The Bertz CT molecular complexity index is 598. The third-order valence-corrected chi connectivity index (χ3v) is 4.56. The summed E-state index contributed by atoms with van der Waals surface area (Å²) in [5, 5.41) is 0. The summed E-state index contributed by atoms with van der Waals surface area (Å²) in [6, 6.07) is 3.90. The molecule has 2 unspecified atom stereocenters.